The Kier molecular flexibility index (Phi) is 4.04. The zero-order valence-electron chi connectivity index (χ0n) is 16.8. The van der Waals surface area contributed by atoms with E-state index in [0.717, 1.165) is 50.4 Å². The van der Waals surface area contributed by atoms with E-state index in [2.05, 4.69) is 44.0 Å². The summed E-state index contributed by atoms with van der Waals surface area (Å²) in [6, 6.07) is 9.31. The van der Waals surface area contributed by atoms with Crippen molar-refractivity contribution in [1.82, 2.24) is 19.8 Å². The van der Waals surface area contributed by atoms with Gasteiger partial charge in [0.2, 0.25) is 5.91 Å². The van der Waals surface area contributed by atoms with Gasteiger partial charge in [0, 0.05) is 42.5 Å². The summed E-state index contributed by atoms with van der Waals surface area (Å²) in [4.78, 5) is 27.6. The largest absolute Gasteiger partial charge is 0.337 e. The molecule has 1 aromatic heterocycles. The van der Waals surface area contributed by atoms with Gasteiger partial charge >= 0.3 is 0 Å². The van der Waals surface area contributed by atoms with Crippen LogP contribution in [0.5, 0.6) is 0 Å². The predicted octanol–water partition coefficient (Wildman–Crippen LogP) is 3.10. The van der Waals surface area contributed by atoms with Gasteiger partial charge in [-0.3, -0.25) is 9.69 Å². The van der Waals surface area contributed by atoms with Crippen molar-refractivity contribution in [2.24, 2.45) is 5.92 Å². The van der Waals surface area contributed by atoms with Crippen LogP contribution in [-0.2, 0) is 17.6 Å². The van der Waals surface area contributed by atoms with Gasteiger partial charge in [-0.15, -0.1) is 0 Å². The van der Waals surface area contributed by atoms with Crippen molar-refractivity contribution in [3.63, 3.8) is 0 Å². The van der Waals surface area contributed by atoms with Crippen LogP contribution >= 0.6 is 11.8 Å². The normalized spacial score (nSPS) is 31.3. The average molecular weight is 407 g/mol. The zero-order valence-corrected chi connectivity index (χ0v) is 17.6. The molecule has 0 bridgehead atoms. The van der Waals surface area contributed by atoms with Crippen molar-refractivity contribution < 1.29 is 4.79 Å². The van der Waals surface area contributed by atoms with Gasteiger partial charge in [0.05, 0.1) is 0 Å². The summed E-state index contributed by atoms with van der Waals surface area (Å²) >= 11 is 1.57. The van der Waals surface area contributed by atoms with E-state index in [9.17, 15) is 4.79 Å². The fraction of sp³-hybridized carbons (Fsp3) is 0.522. The molecule has 4 aliphatic rings. The highest BCUT2D eigenvalue weighted by Crippen LogP contribution is 2.56. The Morgan fingerprint density at radius 1 is 1.14 bits per heavy atom. The van der Waals surface area contributed by atoms with Crippen LogP contribution in [0.25, 0.3) is 0 Å². The molecule has 5 nitrogen and oxygen atoms in total. The molecule has 1 spiro atoms. The molecule has 0 unspecified atom stereocenters. The first-order valence-electron chi connectivity index (χ1n) is 10.7. The minimum absolute atomic E-state index is 0.280. The number of aromatic nitrogens is 2. The van der Waals surface area contributed by atoms with Crippen LogP contribution < -0.4 is 0 Å². The first-order chi connectivity index (χ1) is 14.2. The Balaban J connectivity index is 1.28. The predicted molar refractivity (Wildman–Crippen MR) is 113 cm³/mol. The number of benzene rings is 1. The van der Waals surface area contributed by atoms with E-state index in [-0.39, 0.29) is 11.6 Å². The third-order valence-corrected chi connectivity index (χ3v) is 8.34. The molecular formula is C23H26N4OS. The third kappa shape index (κ3) is 2.48. The lowest BCUT2D eigenvalue weighted by Crippen LogP contribution is -2.51. The highest BCUT2D eigenvalue weighted by atomic mass is 32.2. The molecule has 6 rings (SSSR count). The summed E-state index contributed by atoms with van der Waals surface area (Å²) in [5.74, 6) is 0.813. The van der Waals surface area contributed by atoms with Crippen LogP contribution in [-0.4, -0.2) is 56.6 Å². The van der Waals surface area contributed by atoms with Crippen molar-refractivity contribution >= 4 is 17.7 Å². The summed E-state index contributed by atoms with van der Waals surface area (Å²) in [6.45, 7) is 1.92. The lowest BCUT2D eigenvalue weighted by atomic mass is 9.85. The van der Waals surface area contributed by atoms with Gasteiger partial charge in [0.25, 0.3) is 0 Å². The Morgan fingerprint density at radius 3 is 2.55 bits per heavy atom. The van der Waals surface area contributed by atoms with Crippen LogP contribution in [0.15, 0.2) is 41.8 Å². The van der Waals surface area contributed by atoms with E-state index in [1.807, 2.05) is 18.6 Å². The first kappa shape index (κ1) is 17.9. The summed E-state index contributed by atoms with van der Waals surface area (Å²) in [7, 11) is 0. The number of fused-ring (bicyclic) bond motifs is 1. The van der Waals surface area contributed by atoms with Crippen molar-refractivity contribution in [3.8, 4) is 0 Å². The number of hydrogen-bond donors (Lipinski definition) is 0. The number of likely N-dealkylation sites (tertiary alicyclic amines) is 1. The van der Waals surface area contributed by atoms with E-state index in [0.29, 0.717) is 17.9 Å². The second kappa shape index (κ2) is 6.54. The number of hydrogen-bond acceptors (Lipinski definition) is 5. The van der Waals surface area contributed by atoms with Crippen molar-refractivity contribution in [1.29, 1.82) is 0 Å². The molecular weight excluding hydrogens is 380 g/mol. The van der Waals surface area contributed by atoms with Crippen molar-refractivity contribution in [2.75, 3.05) is 19.3 Å². The number of carbonyl (C=O) groups excluding carboxylic acids is 1. The molecule has 3 fully saturated rings. The topological polar surface area (TPSA) is 49.3 Å². The van der Waals surface area contributed by atoms with Crippen molar-refractivity contribution in [3.05, 3.63) is 53.3 Å². The standard InChI is InChI=1S/C23H26N4OS/c1-29-22-24-12-17(13-25-22)20-11-18-14-26(21(28)23(18)7-4-8-27(20)23)19-9-15-5-2-3-6-16(15)10-19/h2-3,5-6,12-13,18-20H,4,7-11,14H2,1H3/t18-,20-,23-/m0/s1. The molecule has 6 heteroatoms. The van der Waals surface area contributed by atoms with E-state index in [1.165, 1.54) is 16.7 Å². The van der Waals surface area contributed by atoms with E-state index in [1.54, 1.807) is 11.8 Å². The van der Waals surface area contributed by atoms with E-state index in [4.69, 9.17) is 0 Å². The molecule has 3 saturated heterocycles. The highest BCUT2D eigenvalue weighted by Gasteiger charge is 2.66. The maximum absolute atomic E-state index is 13.9. The second-order valence-corrected chi connectivity index (χ2v) is 9.73. The lowest BCUT2D eigenvalue weighted by Gasteiger charge is -2.34. The fourth-order valence-corrected chi connectivity index (χ4v) is 6.83. The Labute approximate surface area is 175 Å². The number of thioether (sulfide) groups is 1. The molecule has 150 valence electrons. The number of nitrogens with zero attached hydrogens (tertiary/aromatic N) is 4. The third-order valence-electron chi connectivity index (χ3n) is 7.76. The SMILES string of the molecule is CSc1ncc([C@@H]2C[C@H]3CN(C4Cc5ccccc5C4)C(=O)[C@]34CCCN24)cn1. The fourth-order valence-electron chi connectivity index (χ4n) is 6.52. The lowest BCUT2D eigenvalue weighted by molar-refractivity contribution is -0.138. The molecule has 0 radical (unpaired) electrons. The van der Waals surface area contributed by atoms with Crippen LogP contribution in [0, 0.1) is 5.92 Å². The molecule has 2 aromatic rings. The van der Waals surface area contributed by atoms with Gasteiger partial charge in [0.1, 0.15) is 5.54 Å². The van der Waals surface area contributed by atoms with Gasteiger partial charge in [-0.2, -0.15) is 0 Å². The molecule has 1 aromatic carbocycles. The summed E-state index contributed by atoms with van der Waals surface area (Å²) in [6.07, 6.45) is 11.1. The average Bonchev–Trinajstić information content (AvgIpc) is 3.48. The minimum Gasteiger partial charge on any atom is -0.337 e. The number of amides is 1. The molecule has 3 aliphatic heterocycles. The molecule has 0 N–H and O–H groups in total. The quantitative estimate of drug-likeness (QED) is 0.579. The second-order valence-electron chi connectivity index (χ2n) is 8.96. The summed E-state index contributed by atoms with van der Waals surface area (Å²) < 4.78 is 0. The summed E-state index contributed by atoms with van der Waals surface area (Å²) in [5.41, 5.74) is 3.74. The van der Waals surface area contributed by atoms with Crippen LogP contribution in [0.3, 0.4) is 0 Å². The number of carbonyl (C=O) groups is 1. The number of rotatable bonds is 3. The van der Waals surface area contributed by atoms with E-state index < -0.39 is 0 Å². The van der Waals surface area contributed by atoms with Crippen LogP contribution in [0.2, 0.25) is 0 Å². The van der Waals surface area contributed by atoms with Gasteiger partial charge in [0.15, 0.2) is 5.16 Å². The first-order valence-corrected chi connectivity index (χ1v) is 11.9. The molecule has 3 atom stereocenters. The maximum Gasteiger partial charge on any atom is 0.243 e. The molecule has 1 amide bonds. The van der Waals surface area contributed by atoms with Gasteiger partial charge in [-0.25, -0.2) is 9.97 Å². The minimum atomic E-state index is -0.280. The molecule has 29 heavy (non-hydrogen) atoms. The molecule has 4 heterocycles. The van der Waals surface area contributed by atoms with Crippen molar-refractivity contribution in [2.45, 2.75) is 54.9 Å². The summed E-state index contributed by atoms with van der Waals surface area (Å²) in [5, 5.41) is 0.811. The zero-order chi connectivity index (χ0) is 19.6. The highest BCUT2D eigenvalue weighted by molar-refractivity contribution is 7.98. The Hall–Kier alpha value is -1.92. The van der Waals surface area contributed by atoms with Crippen LogP contribution in [0.1, 0.15) is 42.0 Å². The molecule has 0 saturated carbocycles. The Morgan fingerprint density at radius 2 is 1.86 bits per heavy atom. The monoisotopic (exact) mass is 406 g/mol. The Bertz CT molecular complexity index is 939. The van der Waals surface area contributed by atoms with Gasteiger partial charge in [-0.1, -0.05) is 36.0 Å². The van der Waals surface area contributed by atoms with Crippen LogP contribution in [0.4, 0.5) is 0 Å². The molecule has 1 aliphatic carbocycles. The maximum atomic E-state index is 13.9. The van der Waals surface area contributed by atoms with Gasteiger partial charge < -0.3 is 4.90 Å². The van der Waals surface area contributed by atoms with Gasteiger partial charge in [-0.05, 0) is 56.0 Å². The van der Waals surface area contributed by atoms with E-state index >= 15 is 0 Å². The smallest absolute Gasteiger partial charge is 0.243 e.